The Balaban J connectivity index is 1.49. The summed E-state index contributed by atoms with van der Waals surface area (Å²) in [6.45, 7) is 5.26. The topological polar surface area (TPSA) is 29.5 Å². The lowest BCUT2D eigenvalue weighted by molar-refractivity contribution is 0.0283. The second-order valence-electron chi connectivity index (χ2n) is 7.85. The van der Waals surface area contributed by atoms with Gasteiger partial charge in [0.15, 0.2) is 0 Å². The molecule has 0 fully saturated rings. The zero-order valence-corrected chi connectivity index (χ0v) is 17.6. The summed E-state index contributed by atoms with van der Waals surface area (Å²) in [4.78, 5) is 14.9. The number of hydrogen-bond donors (Lipinski definition) is 0. The third-order valence-corrected chi connectivity index (χ3v) is 5.55. The van der Waals surface area contributed by atoms with Gasteiger partial charge in [-0.3, -0.25) is 4.90 Å². The molecule has 0 aliphatic carbocycles. The molecule has 1 aliphatic heterocycles. The summed E-state index contributed by atoms with van der Waals surface area (Å²) in [5.41, 5.74) is 3.56. The number of esters is 1. The Hall–Kier alpha value is -2.39. The fourth-order valence-electron chi connectivity index (χ4n) is 3.82. The first-order chi connectivity index (χ1) is 14.3. The molecule has 3 heteroatoms. The van der Waals surface area contributed by atoms with E-state index >= 15 is 0 Å². The fourth-order valence-corrected chi connectivity index (χ4v) is 3.82. The van der Waals surface area contributed by atoms with Gasteiger partial charge in [-0.25, -0.2) is 4.79 Å². The van der Waals surface area contributed by atoms with E-state index < -0.39 is 0 Å². The molecule has 3 nitrogen and oxygen atoms in total. The first-order valence-corrected chi connectivity index (χ1v) is 11.0. The normalized spacial score (nSPS) is 15.2. The highest BCUT2D eigenvalue weighted by Gasteiger charge is 2.16. The van der Waals surface area contributed by atoms with Gasteiger partial charge in [-0.05, 0) is 42.5 Å². The van der Waals surface area contributed by atoms with Crippen LogP contribution in [0.15, 0.2) is 66.7 Å². The number of unbranched alkanes of at least 4 members (excludes halogenated alkanes) is 2. The Morgan fingerprint density at radius 3 is 2.59 bits per heavy atom. The van der Waals surface area contributed by atoms with Crippen molar-refractivity contribution < 1.29 is 9.53 Å². The number of carbonyl (C=O) groups excluding carboxylic acids is 1. The minimum atomic E-state index is -0.215. The fraction of sp³-hybridized carbons (Fsp3) is 0.423. The Morgan fingerprint density at radius 2 is 1.79 bits per heavy atom. The van der Waals surface area contributed by atoms with Crippen molar-refractivity contribution in [3.05, 3.63) is 83.4 Å². The maximum atomic E-state index is 12.4. The predicted octanol–water partition coefficient (Wildman–Crippen LogP) is 5.80. The van der Waals surface area contributed by atoms with Gasteiger partial charge in [-0.15, -0.1) is 0 Å². The van der Waals surface area contributed by atoms with Crippen LogP contribution in [-0.4, -0.2) is 30.1 Å². The molecule has 2 aromatic rings. The first kappa shape index (κ1) is 21.3. The average Bonchev–Trinajstić information content (AvgIpc) is 2.77. The summed E-state index contributed by atoms with van der Waals surface area (Å²) in [5.74, 6) is -0.215. The number of benzene rings is 2. The van der Waals surface area contributed by atoms with Gasteiger partial charge in [0.05, 0.1) is 5.56 Å². The molecule has 0 bridgehead atoms. The monoisotopic (exact) mass is 391 g/mol. The number of fused-ring (bicyclic) bond motifs is 1. The molecule has 3 rings (SSSR count). The zero-order valence-electron chi connectivity index (χ0n) is 17.6. The van der Waals surface area contributed by atoms with E-state index in [4.69, 9.17) is 4.74 Å². The number of ether oxygens (including phenoxy) is 1. The van der Waals surface area contributed by atoms with Gasteiger partial charge in [0.2, 0.25) is 0 Å². The molecule has 0 radical (unpaired) electrons. The van der Waals surface area contributed by atoms with Crippen molar-refractivity contribution >= 4 is 5.97 Å². The highest BCUT2D eigenvalue weighted by atomic mass is 16.5. The lowest BCUT2D eigenvalue weighted by Crippen LogP contribution is -2.30. The van der Waals surface area contributed by atoms with Crippen LogP contribution in [-0.2, 0) is 17.7 Å². The predicted molar refractivity (Wildman–Crippen MR) is 119 cm³/mol. The smallest absolute Gasteiger partial charge is 0.338 e. The van der Waals surface area contributed by atoms with Crippen LogP contribution in [0, 0.1) is 0 Å². The Bertz CT molecular complexity index is 784. The SMILES string of the molecule is CCCCCC(C/C=C/CN1CCc2ccccc2C1)OC(=O)c1ccccc1. The quantitative estimate of drug-likeness (QED) is 0.291. The molecule has 0 saturated carbocycles. The molecule has 1 aliphatic rings. The summed E-state index contributed by atoms with van der Waals surface area (Å²) >= 11 is 0. The van der Waals surface area contributed by atoms with E-state index in [0.29, 0.717) is 5.56 Å². The van der Waals surface area contributed by atoms with Crippen LogP contribution >= 0.6 is 0 Å². The van der Waals surface area contributed by atoms with Gasteiger partial charge in [-0.2, -0.15) is 0 Å². The summed E-state index contributed by atoms with van der Waals surface area (Å²) < 4.78 is 5.82. The van der Waals surface area contributed by atoms with E-state index in [2.05, 4.69) is 48.2 Å². The summed E-state index contributed by atoms with van der Waals surface area (Å²) in [5, 5.41) is 0. The molecular formula is C26H33NO2. The van der Waals surface area contributed by atoms with E-state index in [-0.39, 0.29) is 12.1 Å². The summed E-state index contributed by atoms with van der Waals surface area (Å²) in [7, 11) is 0. The molecule has 2 aromatic carbocycles. The van der Waals surface area contributed by atoms with Gasteiger partial charge in [-0.1, -0.05) is 74.4 Å². The van der Waals surface area contributed by atoms with Crippen LogP contribution in [0.1, 0.15) is 60.5 Å². The number of carbonyl (C=O) groups is 1. The summed E-state index contributed by atoms with van der Waals surface area (Å²) in [6, 6.07) is 18.0. The third-order valence-electron chi connectivity index (χ3n) is 5.55. The van der Waals surface area contributed by atoms with Crippen molar-refractivity contribution in [2.24, 2.45) is 0 Å². The van der Waals surface area contributed by atoms with Crippen LogP contribution in [0.4, 0.5) is 0 Å². The van der Waals surface area contributed by atoms with Gasteiger partial charge in [0.25, 0.3) is 0 Å². The van der Waals surface area contributed by atoms with Crippen LogP contribution in [0.25, 0.3) is 0 Å². The molecule has 1 heterocycles. The van der Waals surface area contributed by atoms with Crippen LogP contribution in [0.3, 0.4) is 0 Å². The minimum Gasteiger partial charge on any atom is -0.458 e. The minimum absolute atomic E-state index is 0.0485. The molecule has 0 N–H and O–H groups in total. The molecule has 0 amide bonds. The molecule has 0 saturated heterocycles. The maximum Gasteiger partial charge on any atom is 0.338 e. The van der Waals surface area contributed by atoms with Crippen molar-refractivity contribution in [2.75, 3.05) is 13.1 Å². The first-order valence-electron chi connectivity index (χ1n) is 11.0. The van der Waals surface area contributed by atoms with Crippen molar-refractivity contribution in [1.29, 1.82) is 0 Å². The molecule has 1 atom stereocenters. The van der Waals surface area contributed by atoms with Crippen molar-refractivity contribution in [3.63, 3.8) is 0 Å². The van der Waals surface area contributed by atoms with E-state index in [1.807, 2.05) is 30.3 Å². The van der Waals surface area contributed by atoms with Crippen LogP contribution in [0.5, 0.6) is 0 Å². The highest BCUT2D eigenvalue weighted by molar-refractivity contribution is 5.89. The zero-order chi connectivity index (χ0) is 20.3. The third kappa shape index (κ3) is 6.86. The lowest BCUT2D eigenvalue weighted by Gasteiger charge is -2.27. The van der Waals surface area contributed by atoms with Crippen molar-refractivity contribution in [3.8, 4) is 0 Å². The molecule has 1 unspecified atom stereocenters. The number of rotatable bonds is 10. The van der Waals surface area contributed by atoms with Gasteiger partial charge >= 0.3 is 5.97 Å². The van der Waals surface area contributed by atoms with Crippen molar-refractivity contribution in [2.45, 2.75) is 58.1 Å². The second-order valence-corrected chi connectivity index (χ2v) is 7.85. The molecular weight excluding hydrogens is 358 g/mol. The van der Waals surface area contributed by atoms with Crippen LogP contribution < -0.4 is 0 Å². The number of nitrogens with zero attached hydrogens (tertiary/aromatic N) is 1. The highest BCUT2D eigenvalue weighted by Crippen LogP contribution is 2.18. The van der Waals surface area contributed by atoms with Gasteiger partial charge in [0, 0.05) is 26.1 Å². The van der Waals surface area contributed by atoms with Crippen LogP contribution in [0.2, 0.25) is 0 Å². The Morgan fingerprint density at radius 1 is 1.03 bits per heavy atom. The molecule has 0 aromatic heterocycles. The second kappa shape index (κ2) is 11.6. The maximum absolute atomic E-state index is 12.4. The van der Waals surface area contributed by atoms with E-state index in [0.717, 1.165) is 45.3 Å². The average molecular weight is 392 g/mol. The van der Waals surface area contributed by atoms with E-state index in [1.54, 1.807) is 0 Å². The largest absolute Gasteiger partial charge is 0.458 e. The van der Waals surface area contributed by atoms with Gasteiger partial charge in [0.1, 0.15) is 6.10 Å². The van der Waals surface area contributed by atoms with E-state index in [1.165, 1.54) is 24.0 Å². The Labute approximate surface area is 175 Å². The summed E-state index contributed by atoms with van der Waals surface area (Å²) in [6.07, 6.45) is 10.7. The molecule has 0 spiro atoms. The molecule has 29 heavy (non-hydrogen) atoms. The van der Waals surface area contributed by atoms with Gasteiger partial charge < -0.3 is 4.74 Å². The number of hydrogen-bond acceptors (Lipinski definition) is 3. The lowest BCUT2D eigenvalue weighted by atomic mass is 10.00. The standard InChI is InChI=1S/C26H33NO2/c1-2-3-5-16-25(29-26(28)23-13-6-4-7-14-23)17-10-11-19-27-20-18-22-12-8-9-15-24(22)21-27/h4,6-15,25H,2-3,5,16-21H2,1H3/b11-10+. The van der Waals surface area contributed by atoms with Crippen molar-refractivity contribution in [1.82, 2.24) is 4.90 Å². The van der Waals surface area contributed by atoms with E-state index in [9.17, 15) is 4.79 Å². The Kier molecular flexibility index (Phi) is 8.51. The molecule has 154 valence electrons.